The number of nitrogens with zero attached hydrogens (tertiary/aromatic N) is 2. The molecular weight excluding hydrogens is 396 g/mol. The van der Waals surface area contributed by atoms with Crippen molar-refractivity contribution in [3.63, 3.8) is 0 Å². The summed E-state index contributed by atoms with van der Waals surface area (Å²) in [5.74, 6) is -4.67. The summed E-state index contributed by atoms with van der Waals surface area (Å²) in [5.41, 5.74) is -2.13. The molecule has 1 aromatic rings. The van der Waals surface area contributed by atoms with E-state index in [2.05, 4.69) is 14.6 Å². The van der Waals surface area contributed by atoms with Crippen LogP contribution in [0.25, 0.3) is 0 Å². The molecule has 0 amide bonds. The first-order valence-corrected chi connectivity index (χ1v) is 8.26. The summed E-state index contributed by atoms with van der Waals surface area (Å²) in [7, 11) is 4.49. The van der Waals surface area contributed by atoms with Gasteiger partial charge in [-0.1, -0.05) is 5.16 Å². The molecule has 1 aromatic heterocycles. The van der Waals surface area contributed by atoms with E-state index in [1.165, 1.54) is 0 Å². The van der Waals surface area contributed by atoms with Crippen molar-refractivity contribution in [2.75, 3.05) is 28.4 Å². The number of aromatic nitrogens is 1. The fraction of sp³-hybridized carbons (Fsp3) is 0.562. The van der Waals surface area contributed by atoms with Crippen molar-refractivity contribution < 1.29 is 52.3 Å². The van der Waals surface area contributed by atoms with Crippen LogP contribution in [0.1, 0.15) is 28.4 Å². The quantitative estimate of drug-likeness (QED) is 0.433. The smallest absolute Gasteiger partial charge is 0.360 e. The van der Waals surface area contributed by atoms with Gasteiger partial charge in [0, 0.05) is 12.0 Å². The van der Waals surface area contributed by atoms with Crippen molar-refractivity contribution in [2.45, 2.75) is 30.1 Å². The minimum atomic E-state index is -1.85. The Balaban J connectivity index is 2.17. The highest BCUT2D eigenvalue weighted by molar-refractivity contribution is 5.92. The second-order valence-corrected chi connectivity index (χ2v) is 6.13. The van der Waals surface area contributed by atoms with Crippen molar-refractivity contribution in [3.05, 3.63) is 17.5 Å². The van der Waals surface area contributed by atoms with E-state index in [1.54, 1.807) is 0 Å². The lowest BCUT2D eigenvalue weighted by atomic mass is 9.74. The van der Waals surface area contributed by atoms with Crippen LogP contribution in [0.15, 0.2) is 10.8 Å². The maximum Gasteiger partial charge on any atom is 0.360 e. The van der Waals surface area contributed by atoms with Crippen LogP contribution in [0, 0.1) is 0 Å². The zero-order valence-electron chi connectivity index (χ0n) is 15.9. The van der Waals surface area contributed by atoms with E-state index in [0.29, 0.717) is 5.23 Å². The maximum atomic E-state index is 12.9. The van der Waals surface area contributed by atoms with Crippen molar-refractivity contribution in [1.82, 2.24) is 10.4 Å². The standard InChI is InChI=1S/C16H18N2O11/c1-23-12(19)8-5-16(15(22)26-4)9(7-6-27-17-10(7)13(20)24-2)11(14(21)25-3)29-18(16)28-8/h6,8-9,11H,5H2,1-4H3/t8-,9-,11-,16-/m1/s1. The maximum absolute atomic E-state index is 12.9. The Hall–Kier alpha value is -3.03. The molecule has 0 bridgehead atoms. The topological polar surface area (TPSA) is 153 Å². The summed E-state index contributed by atoms with van der Waals surface area (Å²) in [6.45, 7) is 0. The van der Waals surface area contributed by atoms with Crippen LogP contribution in [-0.2, 0) is 43.0 Å². The molecule has 2 saturated heterocycles. The van der Waals surface area contributed by atoms with Crippen LogP contribution in [0.2, 0.25) is 0 Å². The molecule has 3 rings (SSSR count). The van der Waals surface area contributed by atoms with Gasteiger partial charge < -0.3 is 23.5 Å². The molecule has 0 saturated carbocycles. The van der Waals surface area contributed by atoms with Crippen LogP contribution in [-0.4, -0.2) is 80.4 Å². The number of methoxy groups -OCH3 is 4. The molecule has 13 nitrogen and oxygen atoms in total. The van der Waals surface area contributed by atoms with Crippen LogP contribution < -0.4 is 0 Å². The van der Waals surface area contributed by atoms with E-state index in [0.717, 1.165) is 34.7 Å². The second kappa shape index (κ2) is 7.77. The van der Waals surface area contributed by atoms with E-state index >= 15 is 0 Å². The van der Waals surface area contributed by atoms with Gasteiger partial charge in [-0.15, -0.1) is 0 Å². The third-order valence-corrected chi connectivity index (χ3v) is 4.82. The Morgan fingerprint density at radius 2 is 1.72 bits per heavy atom. The lowest BCUT2D eigenvalue weighted by molar-refractivity contribution is -0.362. The second-order valence-electron chi connectivity index (χ2n) is 6.13. The van der Waals surface area contributed by atoms with Gasteiger partial charge in [0.2, 0.25) is 0 Å². The molecule has 2 aliphatic rings. The number of esters is 4. The van der Waals surface area contributed by atoms with Crippen molar-refractivity contribution in [1.29, 1.82) is 0 Å². The molecule has 13 heteroatoms. The molecule has 0 unspecified atom stereocenters. The van der Waals surface area contributed by atoms with E-state index in [4.69, 9.17) is 23.7 Å². The minimum Gasteiger partial charge on any atom is -0.467 e. The van der Waals surface area contributed by atoms with Gasteiger partial charge in [-0.05, 0) is 5.23 Å². The Kier molecular flexibility index (Phi) is 5.55. The average Bonchev–Trinajstić information content (AvgIpc) is 3.43. The van der Waals surface area contributed by atoms with Gasteiger partial charge in [-0.2, -0.15) is 0 Å². The van der Waals surface area contributed by atoms with Crippen LogP contribution in [0.3, 0.4) is 0 Å². The van der Waals surface area contributed by atoms with Gasteiger partial charge in [0.25, 0.3) is 0 Å². The number of hydroxylamine groups is 2. The lowest BCUT2D eigenvalue weighted by Gasteiger charge is -2.29. The Labute approximate surface area is 163 Å². The molecule has 158 valence electrons. The van der Waals surface area contributed by atoms with Gasteiger partial charge >= 0.3 is 23.9 Å². The van der Waals surface area contributed by atoms with E-state index in [9.17, 15) is 19.2 Å². The fourth-order valence-corrected chi connectivity index (χ4v) is 3.53. The van der Waals surface area contributed by atoms with Crippen molar-refractivity contribution >= 4 is 23.9 Å². The molecule has 2 aliphatic heterocycles. The number of carbonyl (C=O) groups excluding carboxylic acids is 4. The molecular formula is C16H18N2O11. The van der Waals surface area contributed by atoms with Crippen LogP contribution >= 0.6 is 0 Å². The third kappa shape index (κ3) is 3.03. The van der Waals surface area contributed by atoms with Crippen LogP contribution in [0.5, 0.6) is 0 Å². The van der Waals surface area contributed by atoms with E-state index in [-0.39, 0.29) is 17.7 Å². The molecule has 2 fully saturated rings. The number of rotatable bonds is 5. The number of fused-ring (bicyclic) bond motifs is 1. The molecule has 0 aromatic carbocycles. The van der Waals surface area contributed by atoms with Crippen molar-refractivity contribution in [3.8, 4) is 0 Å². The largest absolute Gasteiger partial charge is 0.467 e. The Bertz CT molecular complexity index is 837. The highest BCUT2D eigenvalue weighted by Crippen LogP contribution is 2.52. The van der Waals surface area contributed by atoms with Gasteiger partial charge in [-0.25, -0.2) is 19.2 Å². The number of hydrogen-bond acceptors (Lipinski definition) is 13. The van der Waals surface area contributed by atoms with Gasteiger partial charge in [-0.3, -0.25) is 9.68 Å². The Morgan fingerprint density at radius 3 is 2.31 bits per heavy atom. The summed E-state index contributed by atoms with van der Waals surface area (Å²) >= 11 is 0. The van der Waals surface area contributed by atoms with Gasteiger partial charge in [0.05, 0.1) is 34.4 Å². The SMILES string of the molecule is COC(=O)c1nocc1[C@@H]1[C@H](C(=O)OC)ON2O[C@@H](C(=O)OC)C[C@]12C(=O)OC. The molecule has 29 heavy (non-hydrogen) atoms. The van der Waals surface area contributed by atoms with E-state index < -0.39 is 47.5 Å². The van der Waals surface area contributed by atoms with Gasteiger partial charge in [0.1, 0.15) is 6.26 Å². The first-order chi connectivity index (χ1) is 13.8. The van der Waals surface area contributed by atoms with Gasteiger partial charge in [0.15, 0.2) is 23.4 Å². The normalized spacial score (nSPS) is 28.5. The zero-order chi connectivity index (χ0) is 21.3. The van der Waals surface area contributed by atoms with Crippen LogP contribution in [0.4, 0.5) is 0 Å². The highest BCUT2D eigenvalue weighted by Gasteiger charge is 2.71. The third-order valence-electron chi connectivity index (χ3n) is 4.82. The predicted octanol–water partition coefficient (Wildman–Crippen LogP) is -0.878. The molecule has 3 heterocycles. The fourth-order valence-electron chi connectivity index (χ4n) is 3.53. The molecule has 0 spiro atoms. The number of carbonyl (C=O) groups is 4. The Morgan fingerprint density at radius 1 is 1.03 bits per heavy atom. The lowest BCUT2D eigenvalue weighted by Crippen LogP contribution is -2.51. The molecule has 0 radical (unpaired) electrons. The number of ether oxygens (including phenoxy) is 4. The predicted molar refractivity (Wildman–Crippen MR) is 85.6 cm³/mol. The van der Waals surface area contributed by atoms with Crippen molar-refractivity contribution in [2.24, 2.45) is 0 Å². The first kappa shape index (κ1) is 20.7. The van der Waals surface area contributed by atoms with E-state index in [1.807, 2.05) is 0 Å². The molecule has 4 atom stereocenters. The zero-order valence-corrected chi connectivity index (χ0v) is 15.9. The minimum absolute atomic E-state index is 0.00858. The molecule has 0 N–H and O–H groups in total. The summed E-state index contributed by atoms with van der Waals surface area (Å²) < 4.78 is 23.9. The first-order valence-electron chi connectivity index (χ1n) is 8.26. The molecule has 0 aliphatic carbocycles. The summed E-state index contributed by atoms with van der Waals surface area (Å²) in [6.07, 6.45) is -1.92. The summed E-state index contributed by atoms with van der Waals surface area (Å²) in [5, 5.41) is 4.30. The number of hydrogen-bond donors (Lipinski definition) is 0. The highest BCUT2D eigenvalue weighted by atomic mass is 17.0. The summed E-state index contributed by atoms with van der Waals surface area (Å²) in [4.78, 5) is 60.3. The summed E-state index contributed by atoms with van der Waals surface area (Å²) in [6, 6.07) is 0. The monoisotopic (exact) mass is 414 g/mol. The average molecular weight is 414 g/mol.